The minimum absolute atomic E-state index is 0.145. The number of nitrogens with one attached hydrogen (secondary N) is 1. The first-order valence-electron chi connectivity index (χ1n) is 5.80. The van der Waals surface area contributed by atoms with Crippen LogP contribution < -0.4 is 4.72 Å². The molecule has 1 heterocycles. The van der Waals surface area contributed by atoms with Crippen molar-refractivity contribution in [1.82, 2.24) is 4.72 Å². The van der Waals surface area contributed by atoms with Gasteiger partial charge >= 0.3 is 0 Å². The Labute approximate surface area is 111 Å². The molecular formula is C13H13NO2S2. The van der Waals surface area contributed by atoms with Crippen molar-refractivity contribution in [2.45, 2.75) is 23.8 Å². The van der Waals surface area contributed by atoms with Gasteiger partial charge in [0.05, 0.1) is 4.90 Å². The first-order chi connectivity index (χ1) is 8.65. The fourth-order valence-corrected chi connectivity index (χ4v) is 3.71. The summed E-state index contributed by atoms with van der Waals surface area (Å²) in [5.41, 5.74) is 2.17. The molecule has 1 aliphatic rings. The lowest BCUT2D eigenvalue weighted by Gasteiger charge is -2.06. The Bertz CT molecular complexity index is 626. The topological polar surface area (TPSA) is 46.2 Å². The second-order valence-electron chi connectivity index (χ2n) is 4.43. The summed E-state index contributed by atoms with van der Waals surface area (Å²) in [4.78, 5) is 0.341. The maximum absolute atomic E-state index is 12.0. The van der Waals surface area contributed by atoms with Crippen molar-refractivity contribution >= 4 is 21.4 Å². The van der Waals surface area contributed by atoms with E-state index in [1.54, 1.807) is 23.5 Å². The van der Waals surface area contributed by atoms with Crippen molar-refractivity contribution in [2.24, 2.45) is 0 Å². The van der Waals surface area contributed by atoms with Gasteiger partial charge in [0.15, 0.2) is 0 Å². The van der Waals surface area contributed by atoms with Crippen LogP contribution in [-0.2, 0) is 10.0 Å². The highest BCUT2D eigenvalue weighted by Crippen LogP contribution is 2.25. The predicted octanol–water partition coefficient (Wildman–Crippen LogP) is 2.86. The molecule has 1 N–H and O–H groups in total. The van der Waals surface area contributed by atoms with E-state index >= 15 is 0 Å². The van der Waals surface area contributed by atoms with E-state index in [1.807, 2.05) is 29.0 Å². The molecule has 18 heavy (non-hydrogen) atoms. The second kappa shape index (κ2) is 4.50. The van der Waals surface area contributed by atoms with Crippen LogP contribution in [0.1, 0.15) is 12.8 Å². The Morgan fingerprint density at radius 2 is 1.78 bits per heavy atom. The van der Waals surface area contributed by atoms with Crippen LogP contribution in [0.5, 0.6) is 0 Å². The summed E-state index contributed by atoms with van der Waals surface area (Å²) in [5, 5.41) is 4.06. The molecule has 5 heteroatoms. The van der Waals surface area contributed by atoms with Crippen molar-refractivity contribution in [1.29, 1.82) is 0 Å². The first-order valence-corrected chi connectivity index (χ1v) is 8.23. The lowest BCUT2D eigenvalue weighted by atomic mass is 10.1. The zero-order chi connectivity index (χ0) is 12.6. The quantitative estimate of drug-likeness (QED) is 0.935. The maximum Gasteiger partial charge on any atom is 0.240 e. The third-order valence-corrected chi connectivity index (χ3v) is 5.14. The van der Waals surface area contributed by atoms with Crippen LogP contribution in [0.3, 0.4) is 0 Å². The van der Waals surface area contributed by atoms with Crippen molar-refractivity contribution in [3.05, 3.63) is 41.1 Å². The highest BCUT2D eigenvalue weighted by molar-refractivity contribution is 7.89. The third-order valence-electron chi connectivity index (χ3n) is 2.92. The van der Waals surface area contributed by atoms with Crippen LogP contribution in [0.4, 0.5) is 0 Å². The predicted molar refractivity (Wildman–Crippen MR) is 73.1 cm³/mol. The fourth-order valence-electron chi connectivity index (χ4n) is 1.74. The monoisotopic (exact) mass is 279 g/mol. The maximum atomic E-state index is 12.0. The molecule has 0 aliphatic heterocycles. The van der Waals surface area contributed by atoms with E-state index in [-0.39, 0.29) is 6.04 Å². The Balaban J connectivity index is 1.86. The van der Waals surface area contributed by atoms with Gasteiger partial charge in [0, 0.05) is 6.04 Å². The van der Waals surface area contributed by atoms with E-state index in [1.165, 1.54) is 0 Å². The van der Waals surface area contributed by atoms with Gasteiger partial charge in [-0.3, -0.25) is 0 Å². The molecule has 1 fully saturated rings. The Kier molecular flexibility index (Phi) is 2.97. The summed E-state index contributed by atoms with van der Waals surface area (Å²) in [7, 11) is -3.33. The van der Waals surface area contributed by atoms with Gasteiger partial charge in [-0.2, -0.15) is 11.3 Å². The largest absolute Gasteiger partial charge is 0.240 e. The van der Waals surface area contributed by atoms with Gasteiger partial charge in [-0.25, -0.2) is 13.1 Å². The smallest absolute Gasteiger partial charge is 0.208 e. The van der Waals surface area contributed by atoms with E-state index in [0.29, 0.717) is 4.90 Å². The average molecular weight is 279 g/mol. The van der Waals surface area contributed by atoms with Crippen LogP contribution in [0.15, 0.2) is 46.0 Å². The molecule has 1 aliphatic carbocycles. The number of rotatable bonds is 4. The Morgan fingerprint density at radius 1 is 1.06 bits per heavy atom. The zero-order valence-electron chi connectivity index (χ0n) is 9.67. The second-order valence-corrected chi connectivity index (χ2v) is 6.93. The van der Waals surface area contributed by atoms with Gasteiger partial charge in [0.25, 0.3) is 0 Å². The van der Waals surface area contributed by atoms with Crippen LogP contribution in [0, 0.1) is 0 Å². The van der Waals surface area contributed by atoms with Crippen LogP contribution in [0.2, 0.25) is 0 Å². The highest BCUT2D eigenvalue weighted by atomic mass is 32.2. The van der Waals surface area contributed by atoms with Crippen LogP contribution in [-0.4, -0.2) is 14.5 Å². The molecular weight excluding hydrogens is 266 g/mol. The zero-order valence-corrected chi connectivity index (χ0v) is 11.3. The molecule has 0 atom stereocenters. The summed E-state index contributed by atoms with van der Waals surface area (Å²) in [6.07, 6.45) is 1.90. The van der Waals surface area contributed by atoms with Crippen molar-refractivity contribution < 1.29 is 8.42 Å². The van der Waals surface area contributed by atoms with Gasteiger partial charge in [0.1, 0.15) is 0 Å². The average Bonchev–Trinajstić information content (AvgIpc) is 2.99. The molecule has 2 aromatic rings. The molecule has 0 saturated heterocycles. The summed E-state index contributed by atoms with van der Waals surface area (Å²) >= 11 is 1.63. The summed E-state index contributed by atoms with van der Waals surface area (Å²) in [6, 6.07) is 9.20. The van der Waals surface area contributed by atoms with Gasteiger partial charge in [-0.15, -0.1) is 0 Å². The van der Waals surface area contributed by atoms with E-state index < -0.39 is 10.0 Å². The van der Waals surface area contributed by atoms with Gasteiger partial charge in [-0.1, -0.05) is 12.1 Å². The van der Waals surface area contributed by atoms with Crippen LogP contribution >= 0.6 is 11.3 Å². The van der Waals surface area contributed by atoms with Crippen LogP contribution in [0.25, 0.3) is 11.1 Å². The molecule has 1 aromatic heterocycles. The molecule has 1 aromatic carbocycles. The molecule has 0 amide bonds. The number of thiophene rings is 1. The molecule has 0 radical (unpaired) electrons. The molecule has 3 rings (SSSR count). The number of benzene rings is 1. The standard InChI is InChI=1S/C13H13NO2S2/c15-18(16,14-12-3-4-12)13-5-1-10(2-6-13)11-7-8-17-9-11/h1-2,5-9,12,14H,3-4H2. The molecule has 94 valence electrons. The lowest BCUT2D eigenvalue weighted by Crippen LogP contribution is -2.25. The lowest BCUT2D eigenvalue weighted by molar-refractivity contribution is 0.581. The first kappa shape index (κ1) is 11.9. The van der Waals surface area contributed by atoms with E-state index in [2.05, 4.69) is 4.72 Å². The summed E-state index contributed by atoms with van der Waals surface area (Å²) < 4.78 is 26.6. The highest BCUT2D eigenvalue weighted by Gasteiger charge is 2.27. The molecule has 0 bridgehead atoms. The minimum Gasteiger partial charge on any atom is -0.208 e. The number of hydrogen-bond acceptors (Lipinski definition) is 3. The molecule has 3 nitrogen and oxygen atoms in total. The Morgan fingerprint density at radius 3 is 2.33 bits per heavy atom. The SMILES string of the molecule is O=S(=O)(NC1CC1)c1ccc(-c2ccsc2)cc1. The Hall–Kier alpha value is -1.17. The third kappa shape index (κ3) is 2.48. The molecule has 1 saturated carbocycles. The summed E-state index contributed by atoms with van der Waals surface area (Å²) in [6.45, 7) is 0. The molecule has 0 spiro atoms. The number of sulfonamides is 1. The van der Waals surface area contributed by atoms with Crippen molar-refractivity contribution in [3.63, 3.8) is 0 Å². The normalized spacial score (nSPS) is 15.8. The van der Waals surface area contributed by atoms with Crippen molar-refractivity contribution in [2.75, 3.05) is 0 Å². The van der Waals surface area contributed by atoms with Crippen molar-refractivity contribution in [3.8, 4) is 11.1 Å². The van der Waals surface area contributed by atoms with Gasteiger partial charge in [-0.05, 0) is 52.9 Å². The fraction of sp³-hybridized carbons (Fsp3) is 0.231. The summed E-state index contributed by atoms with van der Waals surface area (Å²) in [5.74, 6) is 0. The van der Waals surface area contributed by atoms with Gasteiger partial charge < -0.3 is 0 Å². The van der Waals surface area contributed by atoms with Gasteiger partial charge in [0.2, 0.25) is 10.0 Å². The van der Waals surface area contributed by atoms with E-state index in [0.717, 1.165) is 24.0 Å². The minimum atomic E-state index is -3.33. The molecule has 0 unspecified atom stereocenters. The number of hydrogen-bond donors (Lipinski definition) is 1. The van der Waals surface area contributed by atoms with E-state index in [4.69, 9.17) is 0 Å². The van der Waals surface area contributed by atoms with E-state index in [9.17, 15) is 8.42 Å².